The number of hydrogen-bond donors (Lipinski definition) is 1. The molecule has 3 heteroatoms. The zero-order valence-corrected chi connectivity index (χ0v) is 7.77. The summed E-state index contributed by atoms with van der Waals surface area (Å²) in [6.45, 7) is 3.26. The number of nitrogens with two attached hydrogens (primary N) is 1. The highest BCUT2D eigenvalue weighted by Gasteiger charge is 1.97. The zero-order chi connectivity index (χ0) is 8.97. The fourth-order valence-electron chi connectivity index (χ4n) is 0.880. The fraction of sp³-hybridized carbons (Fsp3) is 0.333. The average molecular weight is 186 g/mol. The van der Waals surface area contributed by atoms with E-state index in [9.17, 15) is 0 Å². The van der Waals surface area contributed by atoms with Gasteiger partial charge in [0, 0.05) is 6.61 Å². The monoisotopic (exact) mass is 185 g/mol. The molecule has 1 aromatic rings. The molecule has 0 radical (unpaired) electrons. The highest BCUT2D eigenvalue weighted by molar-refractivity contribution is 6.33. The van der Waals surface area contributed by atoms with Crippen molar-refractivity contribution in [2.75, 3.05) is 12.3 Å². The van der Waals surface area contributed by atoms with Gasteiger partial charge in [-0.25, -0.2) is 0 Å². The lowest BCUT2D eigenvalue weighted by molar-refractivity contribution is 0.134. The van der Waals surface area contributed by atoms with Gasteiger partial charge in [0.2, 0.25) is 0 Å². The van der Waals surface area contributed by atoms with Crippen LogP contribution in [0, 0.1) is 0 Å². The Kier molecular flexibility index (Phi) is 3.38. The van der Waals surface area contributed by atoms with Crippen LogP contribution in [0.2, 0.25) is 5.02 Å². The van der Waals surface area contributed by atoms with Crippen LogP contribution in [0.5, 0.6) is 0 Å². The average Bonchev–Trinajstić information content (AvgIpc) is 2.07. The number of rotatable bonds is 3. The number of anilines is 1. The van der Waals surface area contributed by atoms with Crippen molar-refractivity contribution in [2.24, 2.45) is 0 Å². The van der Waals surface area contributed by atoms with Crippen LogP contribution in [0.15, 0.2) is 18.2 Å². The van der Waals surface area contributed by atoms with E-state index in [4.69, 9.17) is 22.1 Å². The van der Waals surface area contributed by atoms with Crippen LogP contribution in [-0.2, 0) is 11.3 Å². The second kappa shape index (κ2) is 4.33. The Balaban J connectivity index is 2.69. The molecular formula is C9H12ClNO. The van der Waals surface area contributed by atoms with E-state index in [2.05, 4.69) is 0 Å². The molecule has 0 saturated carbocycles. The van der Waals surface area contributed by atoms with Gasteiger partial charge in [0.05, 0.1) is 17.3 Å². The summed E-state index contributed by atoms with van der Waals surface area (Å²) in [5, 5.41) is 0.590. The van der Waals surface area contributed by atoms with Gasteiger partial charge in [-0.1, -0.05) is 17.7 Å². The third-order valence-corrected chi connectivity index (χ3v) is 1.87. The third kappa shape index (κ3) is 2.40. The highest BCUT2D eigenvalue weighted by atomic mass is 35.5. The van der Waals surface area contributed by atoms with E-state index in [0.717, 1.165) is 5.56 Å². The summed E-state index contributed by atoms with van der Waals surface area (Å²) in [5.74, 6) is 0. The Bertz CT molecular complexity index is 263. The quantitative estimate of drug-likeness (QED) is 0.735. The zero-order valence-electron chi connectivity index (χ0n) is 7.01. The maximum Gasteiger partial charge on any atom is 0.0717 e. The van der Waals surface area contributed by atoms with Crippen LogP contribution in [0.1, 0.15) is 12.5 Å². The maximum absolute atomic E-state index is 5.81. The fourth-order valence-corrected chi connectivity index (χ4v) is 1.08. The first kappa shape index (κ1) is 9.36. The Labute approximate surface area is 77.3 Å². The van der Waals surface area contributed by atoms with Crippen molar-refractivity contribution < 1.29 is 4.74 Å². The second-order valence-corrected chi connectivity index (χ2v) is 2.90. The minimum atomic E-state index is 0.590. The molecule has 2 nitrogen and oxygen atoms in total. The number of benzene rings is 1. The summed E-state index contributed by atoms with van der Waals surface area (Å²) in [6, 6.07) is 5.53. The number of halogens is 1. The van der Waals surface area contributed by atoms with Crippen molar-refractivity contribution in [1.82, 2.24) is 0 Å². The topological polar surface area (TPSA) is 35.2 Å². The molecule has 0 unspecified atom stereocenters. The van der Waals surface area contributed by atoms with Gasteiger partial charge in [-0.05, 0) is 24.6 Å². The largest absolute Gasteiger partial charge is 0.398 e. The second-order valence-electron chi connectivity index (χ2n) is 2.49. The van der Waals surface area contributed by atoms with Crippen molar-refractivity contribution in [3.05, 3.63) is 28.8 Å². The molecular weight excluding hydrogens is 174 g/mol. The Morgan fingerprint density at radius 1 is 1.50 bits per heavy atom. The third-order valence-electron chi connectivity index (χ3n) is 1.54. The first-order valence-electron chi connectivity index (χ1n) is 3.85. The van der Waals surface area contributed by atoms with Crippen LogP contribution in [0.3, 0.4) is 0 Å². The lowest BCUT2D eigenvalue weighted by Gasteiger charge is -2.03. The minimum absolute atomic E-state index is 0.590. The van der Waals surface area contributed by atoms with Gasteiger partial charge in [0.15, 0.2) is 0 Å². The molecule has 2 N–H and O–H groups in total. The summed E-state index contributed by atoms with van der Waals surface area (Å²) in [6.07, 6.45) is 0. The van der Waals surface area contributed by atoms with Gasteiger partial charge in [-0.15, -0.1) is 0 Å². The Morgan fingerprint density at radius 2 is 2.25 bits per heavy atom. The van der Waals surface area contributed by atoms with E-state index in [1.165, 1.54) is 0 Å². The van der Waals surface area contributed by atoms with Crippen LogP contribution >= 0.6 is 11.6 Å². The Hall–Kier alpha value is -0.730. The molecule has 0 spiro atoms. The lowest BCUT2D eigenvalue weighted by atomic mass is 10.2. The summed E-state index contributed by atoms with van der Waals surface area (Å²) in [7, 11) is 0. The van der Waals surface area contributed by atoms with Crippen LogP contribution in [0.4, 0.5) is 5.69 Å². The van der Waals surface area contributed by atoms with E-state index in [1.54, 1.807) is 6.07 Å². The standard InChI is InChI=1S/C9H12ClNO/c1-2-12-6-7-3-4-9(11)8(10)5-7/h3-5H,2,6,11H2,1H3. The van der Waals surface area contributed by atoms with Crippen molar-refractivity contribution in [3.8, 4) is 0 Å². The maximum atomic E-state index is 5.81. The first-order valence-corrected chi connectivity index (χ1v) is 4.23. The van der Waals surface area contributed by atoms with Gasteiger partial charge < -0.3 is 10.5 Å². The molecule has 1 aromatic carbocycles. The van der Waals surface area contributed by atoms with Crippen molar-refractivity contribution in [3.63, 3.8) is 0 Å². The van der Waals surface area contributed by atoms with Gasteiger partial charge in [0.25, 0.3) is 0 Å². The van der Waals surface area contributed by atoms with Crippen LogP contribution < -0.4 is 5.73 Å². The highest BCUT2D eigenvalue weighted by Crippen LogP contribution is 2.19. The van der Waals surface area contributed by atoms with Gasteiger partial charge >= 0.3 is 0 Å². The molecule has 0 aliphatic heterocycles. The van der Waals surface area contributed by atoms with Crippen LogP contribution in [0.25, 0.3) is 0 Å². The number of nitrogen functional groups attached to an aromatic ring is 1. The molecule has 0 fully saturated rings. The molecule has 66 valence electrons. The normalized spacial score (nSPS) is 10.2. The van der Waals surface area contributed by atoms with E-state index < -0.39 is 0 Å². The summed E-state index contributed by atoms with van der Waals surface area (Å²) in [4.78, 5) is 0. The van der Waals surface area contributed by atoms with Crippen LogP contribution in [-0.4, -0.2) is 6.61 Å². The molecule has 0 aliphatic carbocycles. The van der Waals surface area contributed by atoms with E-state index >= 15 is 0 Å². The molecule has 0 heterocycles. The molecule has 0 aliphatic rings. The van der Waals surface area contributed by atoms with Crippen molar-refractivity contribution in [2.45, 2.75) is 13.5 Å². The van der Waals surface area contributed by atoms with Crippen molar-refractivity contribution >= 4 is 17.3 Å². The minimum Gasteiger partial charge on any atom is -0.398 e. The molecule has 12 heavy (non-hydrogen) atoms. The Morgan fingerprint density at radius 3 is 2.83 bits per heavy atom. The predicted octanol–water partition coefficient (Wildman–Crippen LogP) is 2.46. The summed E-state index contributed by atoms with van der Waals surface area (Å²) < 4.78 is 5.21. The lowest BCUT2D eigenvalue weighted by Crippen LogP contribution is -1.93. The first-order chi connectivity index (χ1) is 5.74. The van der Waals surface area contributed by atoms with Crippen molar-refractivity contribution in [1.29, 1.82) is 0 Å². The smallest absolute Gasteiger partial charge is 0.0717 e. The summed E-state index contributed by atoms with van der Waals surface area (Å²) >= 11 is 5.81. The number of ether oxygens (including phenoxy) is 1. The molecule has 1 rings (SSSR count). The molecule has 0 amide bonds. The number of hydrogen-bond acceptors (Lipinski definition) is 2. The van der Waals surface area contributed by atoms with Gasteiger partial charge in [0.1, 0.15) is 0 Å². The summed E-state index contributed by atoms with van der Waals surface area (Å²) in [5.41, 5.74) is 7.20. The predicted molar refractivity (Wildman–Crippen MR) is 51.2 cm³/mol. The van der Waals surface area contributed by atoms with E-state index in [-0.39, 0.29) is 0 Å². The molecule has 0 aromatic heterocycles. The SMILES string of the molecule is CCOCc1ccc(N)c(Cl)c1. The van der Waals surface area contributed by atoms with Gasteiger partial charge in [-0.2, -0.15) is 0 Å². The molecule has 0 atom stereocenters. The molecule has 0 saturated heterocycles. The van der Waals surface area contributed by atoms with E-state index in [1.807, 2.05) is 19.1 Å². The van der Waals surface area contributed by atoms with Gasteiger partial charge in [-0.3, -0.25) is 0 Å². The molecule has 0 bridgehead atoms. The van der Waals surface area contributed by atoms with E-state index in [0.29, 0.717) is 23.9 Å².